The van der Waals surface area contributed by atoms with Crippen molar-refractivity contribution >= 4 is 24.2 Å². The first kappa shape index (κ1) is 38.7. The van der Waals surface area contributed by atoms with E-state index in [1.807, 2.05) is 48.5 Å². The predicted molar refractivity (Wildman–Crippen MR) is 197 cm³/mol. The Morgan fingerprint density at radius 2 is 0.827 bits per heavy atom. The molecule has 14 heteroatoms. The number of hydrogen-bond acceptors (Lipinski definition) is 8. The molecule has 3 aliphatic rings. The van der Waals surface area contributed by atoms with Crippen molar-refractivity contribution < 1.29 is 28.7 Å². The molecule has 0 unspecified atom stereocenters. The van der Waals surface area contributed by atoms with E-state index < -0.39 is 0 Å². The number of nitrogens with two attached hydrogens (primary N) is 2. The van der Waals surface area contributed by atoms with E-state index in [9.17, 15) is 19.2 Å². The number of amides is 6. The molecule has 3 fully saturated rings. The van der Waals surface area contributed by atoms with Gasteiger partial charge in [-0.15, -0.1) is 0 Å². The lowest BCUT2D eigenvalue weighted by molar-refractivity contribution is 0.0196. The molecule has 1 saturated carbocycles. The summed E-state index contributed by atoms with van der Waals surface area (Å²) in [5, 5.41) is 5.94. The van der Waals surface area contributed by atoms with Crippen LogP contribution in [0.4, 0.5) is 19.2 Å². The first-order valence-corrected chi connectivity index (χ1v) is 18.8. The Labute approximate surface area is 307 Å². The van der Waals surface area contributed by atoms with Crippen LogP contribution in [-0.2, 0) is 35.4 Å². The molecule has 1 aliphatic carbocycles. The summed E-state index contributed by atoms with van der Waals surface area (Å²) in [4.78, 5) is 58.2. The Morgan fingerprint density at radius 3 is 1.15 bits per heavy atom. The van der Waals surface area contributed by atoms with Crippen molar-refractivity contribution in [2.75, 3.05) is 65.4 Å². The topological polar surface area (TPSA) is 176 Å². The summed E-state index contributed by atoms with van der Waals surface area (Å²) in [6.07, 6.45) is 5.02. The summed E-state index contributed by atoms with van der Waals surface area (Å²) < 4.78 is 11.8. The number of rotatable bonds is 10. The Bertz CT molecular complexity index is 1320. The number of carbonyl (C=O) groups excluding carboxylic acids is 4. The second-order valence-corrected chi connectivity index (χ2v) is 13.8. The Kier molecular flexibility index (Phi) is 14.8. The molecule has 14 nitrogen and oxygen atoms in total. The first-order chi connectivity index (χ1) is 25.3. The minimum atomic E-state index is -0.337. The lowest BCUT2D eigenvalue weighted by Gasteiger charge is -2.36. The van der Waals surface area contributed by atoms with Crippen LogP contribution < -0.4 is 22.1 Å². The lowest BCUT2D eigenvalue weighted by Crippen LogP contribution is -2.53. The molecule has 2 aliphatic heterocycles. The number of urea groups is 2. The molecule has 2 aromatic carbocycles. The van der Waals surface area contributed by atoms with Crippen LogP contribution in [0.25, 0.3) is 0 Å². The van der Waals surface area contributed by atoms with Gasteiger partial charge < -0.3 is 51.2 Å². The molecule has 0 atom stereocenters. The van der Waals surface area contributed by atoms with Gasteiger partial charge in [-0.3, -0.25) is 0 Å². The Morgan fingerprint density at radius 1 is 0.519 bits per heavy atom. The molecule has 0 bridgehead atoms. The van der Waals surface area contributed by atoms with Crippen LogP contribution in [0.2, 0.25) is 0 Å². The van der Waals surface area contributed by atoms with Crippen LogP contribution in [0.1, 0.15) is 60.8 Å². The molecule has 2 heterocycles. The number of piperazine rings is 2. The molecule has 0 aromatic heterocycles. The molecule has 52 heavy (non-hydrogen) atoms. The highest BCUT2D eigenvalue weighted by Gasteiger charge is 2.30. The van der Waals surface area contributed by atoms with Crippen molar-refractivity contribution in [3.05, 3.63) is 70.8 Å². The van der Waals surface area contributed by atoms with Crippen molar-refractivity contribution in [2.45, 2.75) is 76.7 Å². The summed E-state index contributed by atoms with van der Waals surface area (Å²) in [7, 11) is 0. The van der Waals surface area contributed by atoms with E-state index in [4.69, 9.17) is 20.9 Å². The van der Waals surface area contributed by atoms with Gasteiger partial charge in [0.1, 0.15) is 12.2 Å². The van der Waals surface area contributed by atoms with Gasteiger partial charge in [-0.25, -0.2) is 19.2 Å². The zero-order valence-corrected chi connectivity index (χ0v) is 30.3. The van der Waals surface area contributed by atoms with Crippen LogP contribution in [0, 0.1) is 0 Å². The number of nitrogens with one attached hydrogen (secondary N) is 2. The predicted octanol–water partition coefficient (Wildman–Crippen LogP) is 3.41. The van der Waals surface area contributed by atoms with E-state index in [1.54, 1.807) is 19.6 Å². The van der Waals surface area contributed by atoms with Gasteiger partial charge in [0, 0.05) is 65.4 Å². The van der Waals surface area contributed by atoms with Gasteiger partial charge in [-0.05, 0) is 86.7 Å². The van der Waals surface area contributed by atoms with Crippen molar-refractivity contribution in [1.29, 1.82) is 0 Å². The van der Waals surface area contributed by atoms with Crippen molar-refractivity contribution in [3.8, 4) is 0 Å². The minimum absolute atomic E-state index is 0.142. The highest BCUT2D eigenvalue weighted by Crippen LogP contribution is 2.24. The molecule has 2 saturated heterocycles. The van der Waals surface area contributed by atoms with Crippen molar-refractivity contribution in [2.24, 2.45) is 11.5 Å². The zero-order valence-electron chi connectivity index (χ0n) is 30.3. The van der Waals surface area contributed by atoms with Crippen LogP contribution in [0.3, 0.4) is 0 Å². The van der Waals surface area contributed by atoms with Crippen LogP contribution in [-0.4, -0.2) is 122 Å². The maximum atomic E-state index is 13.0. The van der Waals surface area contributed by atoms with Gasteiger partial charge >= 0.3 is 24.2 Å². The molecular formula is C38H56N8O6. The average molecular weight is 721 g/mol. The second-order valence-electron chi connectivity index (χ2n) is 13.8. The van der Waals surface area contributed by atoms with E-state index in [1.165, 1.54) is 11.1 Å². The zero-order chi connectivity index (χ0) is 36.7. The van der Waals surface area contributed by atoms with E-state index in [0.29, 0.717) is 104 Å². The van der Waals surface area contributed by atoms with Gasteiger partial charge in [-0.1, -0.05) is 48.5 Å². The highest BCUT2D eigenvalue weighted by atomic mass is 16.6. The van der Waals surface area contributed by atoms with E-state index in [-0.39, 0.29) is 36.5 Å². The average Bonchev–Trinajstić information content (AvgIpc) is 3.16. The third-order valence-corrected chi connectivity index (χ3v) is 10.1. The number of nitrogens with zero attached hydrogens (tertiary/aromatic N) is 4. The summed E-state index contributed by atoms with van der Waals surface area (Å²) in [6.45, 7) is 5.58. The molecule has 6 amide bonds. The third-order valence-electron chi connectivity index (χ3n) is 10.1. The van der Waals surface area contributed by atoms with Gasteiger partial charge in [0.15, 0.2) is 0 Å². The molecule has 6 N–H and O–H groups in total. The number of carbonyl (C=O) groups is 4. The fourth-order valence-corrected chi connectivity index (χ4v) is 6.85. The fraction of sp³-hybridized carbons (Fsp3) is 0.579. The van der Waals surface area contributed by atoms with Crippen LogP contribution in [0.5, 0.6) is 0 Å². The minimum Gasteiger partial charge on any atom is -0.446 e. The molecule has 0 spiro atoms. The van der Waals surface area contributed by atoms with E-state index in [2.05, 4.69) is 10.6 Å². The maximum absolute atomic E-state index is 13.0. The van der Waals surface area contributed by atoms with Crippen LogP contribution >= 0.6 is 0 Å². The molecule has 5 rings (SSSR count). The second kappa shape index (κ2) is 19.9. The van der Waals surface area contributed by atoms with Gasteiger partial charge in [-0.2, -0.15) is 0 Å². The van der Waals surface area contributed by atoms with Gasteiger partial charge in [0.05, 0.1) is 0 Å². The van der Waals surface area contributed by atoms with Crippen molar-refractivity contribution in [1.82, 2.24) is 30.2 Å². The maximum Gasteiger partial charge on any atom is 0.410 e. The van der Waals surface area contributed by atoms with Crippen molar-refractivity contribution in [3.63, 3.8) is 0 Å². The number of hydrogen-bond donors (Lipinski definition) is 4. The van der Waals surface area contributed by atoms with E-state index in [0.717, 1.165) is 36.8 Å². The number of benzene rings is 2. The van der Waals surface area contributed by atoms with Gasteiger partial charge in [0.25, 0.3) is 0 Å². The normalized spacial score (nSPS) is 19.7. The van der Waals surface area contributed by atoms with Crippen LogP contribution in [0.15, 0.2) is 48.5 Å². The summed E-state index contributed by atoms with van der Waals surface area (Å²) >= 11 is 0. The van der Waals surface area contributed by atoms with E-state index >= 15 is 0 Å². The number of ether oxygens (including phenoxy) is 2. The Balaban J connectivity index is 0.933. The highest BCUT2D eigenvalue weighted by molar-refractivity contribution is 5.75. The molecule has 0 radical (unpaired) electrons. The summed E-state index contributed by atoms with van der Waals surface area (Å²) in [6, 6.07) is 15.8. The molecular weight excluding hydrogens is 664 g/mol. The Hall–Kier alpha value is -4.56. The molecule has 2 aromatic rings. The largest absolute Gasteiger partial charge is 0.446 e. The lowest BCUT2D eigenvalue weighted by atomic mass is 9.96. The summed E-state index contributed by atoms with van der Waals surface area (Å²) in [5.41, 5.74) is 15.6. The van der Waals surface area contributed by atoms with Gasteiger partial charge in [0.2, 0.25) is 0 Å². The molecule has 284 valence electrons. The summed E-state index contributed by atoms with van der Waals surface area (Å²) in [5.74, 6) is 0. The SMILES string of the molecule is NCCc1ccc(CNC(=O)N2CCN(C(=O)OC3CCCC(OC(=O)N4CCN(C(=O)NCc5ccc(CCN)cc5)CC4)CCC3)CC2)cc1. The quantitative estimate of drug-likeness (QED) is 0.289. The fourth-order valence-electron chi connectivity index (χ4n) is 6.85. The standard InChI is InChI=1S/C38H56N8O6/c39-17-15-29-7-11-31(12-8-29)27-41-35(47)43-19-23-45(24-20-43)37(49)51-33-3-1-4-34(6-2-5-33)52-38(50)46-25-21-44(22-26-46)36(48)42-28-32-13-9-30(10-14-32)16-18-40/h7-14,33-34H,1-6,15-28,39-40H2,(H,41,47)(H,42,48). The smallest absolute Gasteiger partial charge is 0.410 e. The third kappa shape index (κ3) is 11.7. The first-order valence-electron chi connectivity index (χ1n) is 18.8. The monoisotopic (exact) mass is 720 g/mol.